The average Bonchev–Trinajstić information content (AvgIpc) is 3.05. The van der Waals surface area contributed by atoms with E-state index in [1.807, 2.05) is 6.07 Å². The van der Waals surface area contributed by atoms with Crippen LogP contribution in [-0.2, 0) is 6.42 Å². The Kier molecular flexibility index (Phi) is 6.66. The van der Waals surface area contributed by atoms with Crippen LogP contribution in [0.2, 0.25) is 0 Å². The SMILES string of the molecule is Cc1nc(Cc2ccc(F)cc2)sc1C(=O)Nc1ccccc1SC(=O)N(C)C. The van der Waals surface area contributed by atoms with Crippen LogP contribution in [0.15, 0.2) is 53.4 Å². The fraction of sp³-hybridized carbons (Fsp3) is 0.190. The molecule has 2 aromatic carbocycles. The molecule has 0 atom stereocenters. The molecule has 5 nitrogen and oxygen atoms in total. The van der Waals surface area contributed by atoms with Crippen LogP contribution in [0.25, 0.3) is 0 Å². The maximum Gasteiger partial charge on any atom is 0.286 e. The molecule has 0 radical (unpaired) electrons. The molecule has 2 amide bonds. The van der Waals surface area contributed by atoms with E-state index in [4.69, 9.17) is 0 Å². The number of hydrogen-bond acceptors (Lipinski definition) is 5. The Morgan fingerprint density at radius 3 is 2.52 bits per heavy atom. The summed E-state index contributed by atoms with van der Waals surface area (Å²) in [6.07, 6.45) is 0.531. The summed E-state index contributed by atoms with van der Waals surface area (Å²) in [4.78, 5) is 32.0. The Morgan fingerprint density at radius 1 is 1.14 bits per heavy atom. The largest absolute Gasteiger partial charge is 0.339 e. The second kappa shape index (κ2) is 9.19. The highest BCUT2D eigenvalue weighted by atomic mass is 32.2. The molecule has 0 unspecified atom stereocenters. The summed E-state index contributed by atoms with van der Waals surface area (Å²) in [5.41, 5.74) is 2.14. The van der Waals surface area contributed by atoms with E-state index in [0.29, 0.717) is 27.6 Å². The number of rotatable bonds is 5. The lowest BCUT2D eigenvalue weighted by Gasteiger charge is -2.12. The molecule has 0 aliphatic rings. The van der Waals surface area contributed by atoms with Crippen molar-refractivity contribution < 1.29 is 14.0 Å². The Bertz CT molecular complexity index is 1030. The molecule has 29 heavy (non-hydrogen) atoms. The van der Waals surface area contributed by atoms with E-state index in [0.717, 1.165) is 22.3 Å². The number of halogens is 1. The minimum Gasteiger partial charge on any atom is -0.339 e. The highest BCUT2D eigenvalue weighted by molar-refractivity contribution is 8.13. The first-order valence-electron chi connectivity index (χ1n) is 8.83. The fourth-order valence-corrected chi connectivity index (χ4v) is 4.28. The number of nitrogens with zero attached hydrogens (tertiary/aromatic N) is 2. The molecule has 0 bridgehead atoms. The Labute approximate surface area is 177 Å². The number of carbonyl (C=O) groups excluding carboxylic acids is 2. The first-order chi connectivity index (χ1) is 13.8. The summed E-state index contributed by atoms with van der Waals surface area (Å²) in [6.45, 7) is 1.79. The van der Waals surface area contributed by atoms with Crippen LogP contribution in [0.4, 0.5) is 14.9 Å². The van der Waals surface area contributed by atoms with Crippen molar-refractivity contribution in [3.8, 4) is 0 Å². The highest BCUT2D eigenvalue weighted by Crippen LogP contribution is 2.30. The maximum atomic E-state index is 13.1. The first kappa shape index (κ1) is 21.0. The molecule has 1 aromatic heterocycles. The number of thioether (sulfide) groups is 1. The van der Waals surface area contributed by atoms with Crippen LogP contribution < -0.4 is 5.32 Å². The number of hydrogen-bond donors (Lipinski definition) is 1. The van der Waals surface area contributed by atoms with Crippen LogP contribution in [0.3, 0.4) is 0 Å². The lowest BCUT2D eigenvalue weighted by molar-refractivity contribution is 0.102. The number of thiazole rings is 1. The second-order valence-corrected chi connectivity index (χ2v) is 8.61. The number of benzene rings is 2. The molecule has 0 aliphatic heterocycles. The van der Waals surface area contributed by atoms with Gasteiger partial charge in [-0.25, -0.2) is 9.37 Å². The van der Waals surface area contributed by atoms with E-state index < -0.39 is 0 Å². The van der Waals surface area contributed by atoms with Gasteiger partial charge in [-0.1, -0.05) is 24.3 Å². The molecule has 3 aromatic rings. The van der Waals surface area contributed by atoms with E-state index >= 15 is 0 Å². The summed E-state index contributed by atoms with van der Waals surface area (Å²) >= 11 is 2.37. The van der Waals surface area contributed by atoms with Crippen molar-refractivity contribution in [2.24, 2.45) is 0 Å². The van der Waals surface area contributed by atoms with Crippen LogP contribution in [0.1, 0.15) is 25.9 Å². The van der Waals surface area contributed by atoms with E-state index in [1.54, 1.807) is 51.4 Å². The van der Waals surface area contributed by atoms with Gasteiger partial charge in [0.05, 0.1) is 16.4 Å². The second-order valence-electron chi connectivity index (χ2n) is 6.54. The van der Waals surface area contributed by atoms with Gasteiger partial charge in [0.1, 0.15) is 10.7 Å². The molecular weight excluding hydrogens is 409 g/mol. The summed E-state index contributed by atoms with van der Waals surface area (Å²) in [7, 11) is 3.36. The van der Waals surface area contributed by atoms with Gasteiger partial charge in [-0.3, -0.25) is 9.59 Å². The zero-order valence-corrected chi connectivity index (χ0v) is 17.9. The van der Waals surface area contributed by atoms with Gasteiger partial charge in [0.2, 0.25) is 0 Å². The van der Waals surface area contributed by atoms with Gasteiger partial charge in [-0.2, -0.15) is 0 Å². The van der Waals surface area contributed by atoms with Gasteiger partial charge in [0, 0.05) is 25.4 Å². The summed E-state index contributed by atoms with van der Waals surface area (Å²) in [5, 5.41) is 3.55. The minimum absolute atomic E-state index is 0.123. The number of nitrogens with one attached hydrogen (secondary N) is 1. The summed E-state index contributed by atoms with van der Waals surface area (Å²) < 4.78 is 13.1. The molecular formula is C21H20FN3O2S2. The molecule has 3 rings (SSSR count). The Hall–Kier alpha value is -2.71. The maximum absolute atomic E-state index is 13.1. The topological polar surface area (TPSA) is 62.3 Å². The number of anilines is 1. The van der Waals surface area contributed by atoms with Gasteiger partial charge in [0.15, 0.2) is 0 Å². The smallest absolute Gasteiger partial charge is 0.286 e. The van der Waals surface area contributed by atoms with Crippen LogP contribution in [0.5, 0.6) is 0 Å². The van der Waals surface area contributed by atoms with Crippen molar-refractivity contribution in [1.82, 2.24) is 9.88 Å². The molecule has 0 saturated heterocycles. The molecule has 1 N–H and O–H groups in total. The van der Waals surface area contributed by atoms with Crippen LogP contribution in [-0.4, -0.2) is 35.1 Å². The van der Waals surface area contributed by atoms with E-state index in [-0.39, 0.29) is 17.0 Å². The van der Waals surface area contributed by atoms with Crippen molar-refractivity contribution in [2.45, 2.75) is 18.2 Å². The number of aromatic nitrogens is 1. The molecule has 1 heterocycles. The van der Waals surface area contributed by atoms with Crippen molar-refractivity contribution in [3.05, 3.63) is 75.5 Å². The monoisotopic (exact) mass is 429 g/mol. The predicted molar refractivity (Wildman–Crippen MR) is 115 cm³/mol. The van der Waals surface area contributed by atoms with Gasteiger partial charge in [-0.15, -0.1) is 11.3 Å². The third kappa shape index (κ3) is 5.42. The van der Waals surface area contributed by atoms with Crippen molar-refractivity contribution in [2.75, 3.05) is 19.4 Å². The van der Waals surface area contributed by atoms with Gasteiger partial charge < -0.3 is 10.2 Å². The van der Waals surface area contributed by atoms with Crippen molar-refractivity contribution in [3.63, 3.8) is 0 Å². The van der Waals surface area contributed by atoms with E-state index in [1.165, 1.54) is 28.4 Å². The number of carbonyl (C=O) groups is 2. The molecule has 150 valence electrons. The van der Waals surface area contributed by atoms with Gasteiger partial charge in [-0.05, 0) is 48.5 Å². The molecule has 0 fully saturated rings. The van der Waals surface area contributed by atoms with Gasteiger partial charge >= 0.3 is 0 Å². The van der Waals surface area contributed by atoms with E-state index in [9.17, 15) is 14.0 Å². The Morgan fingerprint density at radius 2 is 1.83 bits per heavy atom. The fourth-order valence-electron chi connectivity index (χ4n) is 2.54. The highest BCUT2D eigenvalue weighted by Gasteiger charge is 2.18. The standard InChI is InChI=1S/C21H20FN3O2S2/c1-13-19(29-18(23-13)12-14-8-10-15(22)11-9-14)20(26)24-16-6-4-5-7-17(16)28-21(27)25(2)3/h4-11H,12H2,1-3H3,(H,24,26). The van der Waals surface area contributed by atoms with E-state index in [2.05, 4.69) is 10.3 Å². The van der Waals surface area contributed by atoms with Gasteiger partial charge in [0.25, 0.3) is 11.1 Å². The first-order valence-corrected chi connectivity index (χ1v) is 10.5. The Balaban J connectivity index is 1.75. The predicted octanol–water partition coefficient (Wildman–Crippen LogP) is 5.21. The normalized spacial score (nSPS) is 10.6. The average molecular weight is 430 g/mol. The molecule has 8 heteroatoms. The molecule has 0 spiro atoms. The molecule has 0 saturated carbocycles. The number of para-hydroxylation sites is 1. The van der Waals surface area contributed by atoms with Crippen LogP contribution in [0, 0.1) is 12.7 Å². The molecule has 0 aliphatic carbocycles. The van der Waals surface area contributed by atoms with Crippen LogP contribution >= 0.6 is 23.1 Å². The lowest BCUT2D eigenvalue weighted by atomic mass is 10.1. The summed E-state index contributed by atoms with van der Waals surface area (Å²) in [5.74, 6) is -0.552. The number of amides is 2. The quantitative estimate of drug-likeness (QED) is 0.566. The third-order valence-electron chi connectivity index (χ3n) is 4.01. The lowest BCUT2D eigenvalue weighted by Crippen LogP contribution is -2.17. The summed E-state index contributed by atoms with van der Waals surface area (Å²) in [6, 6.07) is 13.4. The van der Waals surface area contributed by atoms with Crippen molar-refractivity contribution >= 4 is 39.9 Å². The minimum atomic E-state index is -0.284. The third-order valence-corrected chi connectivity index (χ3v) is 6.29. The van der Waals surface area contributed by atoms with Crippen molar-refractivity contribution in [1.29, 1.82) is 0 Å². The number of aryl methyl sites for hydroxylation is 1. The zero-order chi connectivity index (χ0) is 21.0. The zero-order valence-electron chi connectivity index (χ0n) is 16.2.